The molecule has 3 fully saturated rings. The minimum atomic E-state index is 0. The molecule has 2 aliphatic carbocycles. The first-order valence-corrected chi connectivity index (χ1v) is 6.36. The lowest BCUT2D eigenvalue weighted by atomic mass is 10.1. The van der Waals surface area contributed by atoms with E-state index in [1.54, 1.807) is 0 Å². The Balaban J connectivity index is 0.000000963. The zero-order chi connectivity index (χ0) is 10.3. The molecule has 92 valence electrons. The van der Waals surface area contributed by atoms with Crippen LogP contribution in [0.2, 0.25) is 0 Å². The van der Waals surface area contributed by atoms with Gasteiger partial charge in [-0.1, -0.05) is 0 Å². The van der Waals surface area contributed by atoms with E-state index in [1.807, 2.05) is 0 Å². The molecule has 0 aromatic carbocycles. The number of carbonyl (C=O) groups excluding carboxylic acids is 1. The Kier molecular flexibility index (Phi) is 3.75. The van der Waals surface area contributed by atoms with E-state index in [9.17, 15) is 4.79 Å². The second-order valence-corrected chi connectivity index (χ2v) is 5.33. The largest absolute Gasteiger partial charge is 0.335 e. The number of hydrogen-bond acceptors (Lipinski definition) is 2. The van der Waals surface area contributed by atoms with Crippen molar-refractivity contribution in [2.45, 2.75) is 50.6 Å². The molecule has 1 unspecified atom stereocenters. The maximum absolute atomic E-state index is 12.2. The van der Waals surface area contributed by atoms with Crippen LogP contribution in [-0.4, -0.2) is 36.0 Å². The van der Waals surface area contributed by atoms with E-state index in [0.717, 1.165) is 31.8 Å². The summed E-state index contributed by atoms with van der Waals surface area (Å²) in [5.74, 6) is 1.17. The fourth-order valence-corrected chi connectivity index (χ4v) is 2.61. The Hall–Kier alpha value is -0.280. The van der Waals surface area contributed by atoms with Gasteiger partial charge in [-0.2, -0.15) is 0 Å². The van der Waals surface area contributed by atoms with Gasteiger partial charge in [0.25, 0.3) is 0 Å². The smallest absolute Gasteiger partial charge is 0.223 e. The molecule has 0 aromatic heterocycles. The van der Waals surface area contributed by atoms with Gasteiger partial charge in [-0.25, -0.2) is 0 Å². The Morgan fingerprint density at radius 3 is 2.38 bits per heavy atom. The van der Waals surface area contributed by atoms with Crippen molar-refractivity contribution in [3.05, 3.63) is 0 Å². The van der Waals surface area contributed by atoms with Gasteiger partial charge in [0.05, 0.1) is 0 Å². The first kappa shape index (κ1) is 12.2. The van der Waals surface area contributed by atoms with Crippen LogP contribution in [0, 0.1) is 5.92 Å². The number of hydrogen-bond donors (Lipinski definition) is 1. The van der Waals surface area contributed by atoms with Crippen LogP contribution in [0.5, 0.6) is 0 Å². The summed E-state index contributed by atoms with van der Waals surface area (Å²) in [6.07, 6.45) is 7.04. The van der Waals surface area contributed by atoms with Gasteiger partial charge in [-0.15, -0.1) is 12.4 Å². The molecule has 1 saturated heterocycles. The summed E-state index contributed by atoms with van der Waals surface area (Å²) < 4.78 is 0. The van der Waals surface area contributed by atoms with Gasteiger partial charge in [-0.3, -0.25) is 4.79 Å². The van der Waals surface area contributed by atoms with E-state index in [1.165, 1.54) is 25.7 Å². The van der Waals surface area contributed by atoms with Crippen molar-refractivity contribution < 1.29 is 4.79 Å². The minimum Gasteiger partial charge on any atom is -0.335 e. The van der Waals surface area contributed by atoms with Crippen molar-refractivity contribution in [2.75, 3.05) is 13.1 Å². The topological polar surface area (TPSA) is 32.3 Å². The van der Waals surface area contributed by atoms with Gasteiger partial charge in [0.2, 0.25) is 5.91 Å². The van der Waals surface area contributed by atoms with Crippen molar-refractivity contribution in [2.24, 2.45) is 5.92 Å². The Labute approximate surface area is 103 Å². The van der Waals surface area contributed by atoms with Crippen molar-refractivity contribution in [3.8, 4) is 0 Å². The van der Waals surface area contributed by atoms with Gasteiger partial charge < -0.3 is 10.2 Å². The molecular formula is C12H21ClN2O. The second-order valence-electron chi connectivity index (χ2n) is 5.33. The number of rotatable bonds is 4. The summed E-state index contributed by atoms with van der Waals surface area (Å²) in [5, 5.41) is 3.37. The third-order valence-corrected chi connectivity index (χ3v) is 3.82. The summed E-state index contributed by atoms with van der Waals surface area (Å²) in [4.78, 5) is 14.4. The number of halogens is 1. The molecule has 0 aromatic rings. The van der Waals surface area contributed by atoms with E-state index in [0.29, 0.717) is 18.0 Å². The molecule has 1 atom stereocenters. The fourth-order valence-electron chi connectivity index (χ4n) is 2.61. The Morgan fingerprint density at radius 1 is 1.12 bits per heavy atom. The minimum absolute atomic E-state index is 0. The van der Waals surface area contributed by atoms with Crippen LogP contribution in [-0.2, 0) is 4.79 Å². The second kappa shape index (κ2) is 4.92. The first-order valence-electron chi connectivity index (χ1n) is 6.36. The Morgan fingerprint density at radius 2 is 1.88 bits per heavy atom. The molecule has 1 aliphatic heterocycles. The lowest BCUT2D eigenvalue weighted by Crippen LogP contribution is -2.43. The van der Waals surface area contributed by atoms with Crippen molar-refractivity contribution in [1.29, 1.82) is 0 Å². The van der Waals surface area contributed by atoms with Gasteiger partial charge in [0, 0.05) is 25.0 Å². The molecule has 1 heterocycles. The van der Waals surface area contributed by atoms with Crippen LogP contribution in [0.15, 0.2) is 0 Å². The predicted octanol–water partition coefficient (Wildman–Crippen LogP) is 1.56. The molecular weight excluding hydrogens is 224 g/mol. The summed E-state index contributed by atoms with van der Waals surface area (Å²) in [7, 11) is 0. The molecule has 1 N–H and O–H groups in total. The van der Waals surface area contributed by atoms with Crippen LogP contribution >= 0.6 is 12.4 Å². The van der Waals surface area contributed by atoms with Crippen molar-refractivity contribution >= 4 is 18.3 Å². The van der Waals surface area contributed by atoms with Gasteiger partial charge >= 0.3 is 0 Å². The predicted molar refractivity (Wildman–Crippen MR) is 65.7 cm³/mol. The third-order valence-electron chi connectivity index (χ3n) is 3.82. The molecule has 3 nitrogen and oxygen atoms in total. The average Bonchev–Trinajstić information content (AvgIpc) is 3.11. The molecule has 4 heteroatoms. The van der Waals surface area contributed by atoms with Crippen molar-refractivity contribution in [3.63, 3.8) is 0 Å². The molecule has 1 amide bonds. The highest BCUT2D eigenvalue weighted by molar-refractivity contribution is 5.85. The molecule has 0 bridgehead atoms. The normalized spacial score (nSPS) is 28.6. The number of nitrogens with one attached hydrogen (secondary N) is 1. The fraction of sp³-hybridized carbons (Fsp3) is 0.917. The highest BCUT2D eigenvalue weighted by atomic mass is 35.5. The van der Waals surface area contributed by atoms with Gasteiger partial charge in [0.1, 0.15) is 0 Å². The monoisotopic (exact) mass is 244 g/mol. The van der Waals surface area contributed by atoms with E-state index < -0.39 is 0 Å². The molecule has 3 aliphatic rings. The lowest BCUT2D eigenvalue weighted by molar-refractivity contribution is -0.134. The van der Waals surface area contributed by atoms with E-state index >= 15 is 0 Å². The number of amides is 1. The number of nitrogens with zero attached hydrogens (tertiary/aromatic N) is 1. The SMILES string of the molecule is Cl.O=C(CC1CC1)N(C1CC1)C1CCNC1. The van der Waals surface area contributed by atoms with Gasteiger partial charge in [-0.05, 0) is 44.6 Å². The van der Waals surface area contributed by atoms with Crippen LogP contribution in [0.1, 0.15) is 38.5 Å². The molecule has 16 heavy (non-hydrogen) atoms. The maximum Gasteiger partial charge on any atom is 0.223 e. The number of carbonyl (C=O) groups is 1. The molecule has 2 saturated carbocycles. The summed E-state index contributed by atoms with van der Waals surface area (Å²) in [6, 6.07) is 1.10. The van der Waals surface area contributed by atoms with Crippen molar-refractivity contribution in [1.82, 2.24) is 10.2 Å². The van der Waals surface area contributed by atoms with E-state index in [-0.39, 0.29) is 12.4 Å². The lowest BCUT2D eigenvalue weighted by Gasteiger charge is -2.28. The third kappa shape index (κ3) is 2.69. The van der Waals surface area contributed by atoms with Crippen LogP contribution in [0.4, 0.5) is 0 Å². The Bertz CT molecular complexity index is 258. The maximum atomic E-state index is 12.2. The van der Waals surface area contributed by atoms with E-state index in [2.05, 4.69) is 10.2 Å². The highest BCUT2D eigenvalue weighted by Gasteiger charge is 2.39. The standard InChI is InChI=1S/C12H20N2O.ClH/c15-12(7-9-1-2-9)14(10-3-4-10)11-5-6-13-8-11;/h9-11,13H,1-8H2;1H. The van der Waals surface area contributed by atoms with Gasteiger partial charge in [0.15, 0.2) is 0 Å². The highest BCUT2D eigenvalue weighted by Crippen LogP contribution is 2.36. The van der Waals surface area contributed by atoms with Crippen LogP contribution in [0.25, 0.3) is 0 Å². The summed E-state index contributed by atoms with van der Waals surface area (Å²) >= 11 is 0. The molecule has 3 rings (SSSR count). The average molecular weight is 245 g/mol. The van der Waals surface area contributed by atoms with E-state index in [4.69, 9.17) is 0 Å². The quantitative estimate of drug-likeness (QED) is 0.814. The molecule has 0 spiro atoms. The zero-order valence-electron chi connectivity index (χ0n) is 9.65. The first-order chi connectivity index (χ1) is 7.34. The summed E-state index contributed by atoms with van der Waals surface area (Å²) in [6.45, 7) is 2.11. The van der Waals surface area contributed by atoms with Crippen LogP contribution < -0.4 is 5.32 Å². The van der Waals surface area contributed by atoms with Crippen LogP contribution in [0.3, 0.4) is 0 Å². The zero-order valence-corrected chi connectivity index (χ0v) is 10.5. The summed E-state index contributed by atoms with van der Waals surface area (Å²) in [5.41, 5.74) is 0. The molecule has 0 radical (unpaired) electrons.